The number of hydrogen-bond acceptors (Lipinski definition) is 5. The normalized spacial score (nSPS) is 11.6. The lowest BCUT2D eigenvalue weighted by Crippen LogP contribution is -2.22. The molecule has 0 saturated carbocycles. The van der Waals surface area contributed by atoms with Gasteiger partial charge in [-0.15, -0.1) is 0 Å². The fraction of sp³-hybridized carbons (Fsp3) is 0.450. The van der Waals surface area contributed by atoms with Crippen LogP contribution in [0.3, 0.4) is 0 Å². The van der Waals surface area contributed by atoms with E-state index in [1.165, 1.54) is 5.69 Å². The number of rotatable bonds is 11. The molecule has 1 N–H and O–H groups in total. The highest BCUT2D eigenvalue weighted by molar-refractivity contribution is 5.68. The summed E-state index contributed by atoms with van der Waals surface area (Å²) in [5, 5.41) is 9.30. The summed E-state index contributed by atoms with van der Waals surface area (Å²) in [7, 11) is 3.82. The fourth-order valence-electron chi connectivity index (χ4n) is 2.43. The summed E-state index contributed by atoms with van der Waals surface area (Å²) >= 11 is 0. The molecule has 0 aromatic heterocycles. The van der Waals surface area contributed by atoms with Gasteiger partial charge in [-0.3, -0.25) is 5.01 Å². The second-order valence-electron chi connectivity index (χ2n) is 5.39. The van der Waals surface area contributed by atoms with Crippen molar-refractivity contribution in [2.75, 3.05) is 43.7 Å². The maximum Gasteiger partial charge on any atom is 0.146 e. The zero-order valence-electron chi connectivity index (χ0n) is 16.2. The Kier molecular flexibility index (Phi) is 9.90. The number of anilines is 2. The SMILES string of the molecule is CCOc1cc(N(CC)CC)ccc1N(C)/N=C/C/C=C\C=C/NC. The highest BCUT2D eigenvalue weighted by atomic mass is 16.5. The summed E-state index contributed by atoms with van der Waals surface area (Å²) in [6.07, 6.45) is 10.5. The molecule has 0 amide bonds. The molecular formula is C20H32N4O. The molecule has 0 aliphatic heterocycles. The maximum atomic E-state index is 5.84. The van der Waals surface area contributed by atoms with Crippen molar-refractivity contribution in [2.24, 2.45) is 5.10 Å². The van der Waals surface area contributed by atoms with Gasteiger partial charge in [0.15, 0.2) is 0 Å². The average Bonchev–Trinajstić information content (AvgIpc) is 2.62. The Morgan fingerprint density at radius 1 is 1.16 bits per heavy atom. The third kappa shape index (κ3) is 6.91. The predicted molar refractivity (Wildman–Crippen MR) is 110 cm³/mol. The molecule has 1 rings (SSSR count). The molecule has 138 valence electrons. The third-order valence-corrected chi connectivity index (χ3v) is 3.73. The summed E-state index contributed by atoms with van der Waals surface area (Å²) in [6, 6.07) is 6.29. The van der Waals surface area contributed by atoms with E-state index < -0.39 is 0 Å². The second kappa shape index (κ2) is 12.0. The van der Waals surface area contributed by atoms with Crippen LogP contribution in [0.5, 0.6) is 5.75 Å². The molecule has 0 aliphatic carbocycles. The zero-order valence-corrected chi connectivity index (χ0v) is 16.2. The quantitative estimate of drug-likeness (QED) is 0.374. The van der Waals surface area contributed by atoms with Crippen LogP contribution in [-0.2, 0) is 0 Å². The fourth-order valence-corrected chi connectivity index (χ4v) is 2.43. The Balaban J connectivity index is 2.84. The van der Waals surface area contributed by atoms with Crippen LogP contribution in [0, 0.1) is 0 Å². The van der Waals surface area contributed by atoms with Crippen molar-refractivity contribution in [1.29, 1.82) is 0 Å². The standard InChI is InChI=1S/C20H32N4O/c1-6-24(7-2)18-13-14-19(20(17-18)25-8-3)23(5)22-16-12-10-9-11-15-21-4/h9-11,13-17,21H,6-8,12H2,1-5H3/b10-9-,15-11-,22-16+. The van der Waals surface area contributed by atoms with Crippen LogP contribution < -0.4 is 20.0 Å². The van der Waals surface area contributed by atoms with Crippen molar-refractivity contribution in [2.45, 2.75) is 27.2 Å². The number of ether oxygens (including phenoxy) is 1. The van der Waals surface area contributed by atoms with E-state index >= 15 is 0 Å². The largest absolute Gasteiger partial charge is 0.492 e. The smallest absolute Gasteiger partial charge is 0.146 e. The lowest BCUT2D eigenvalue weighted by molar-refractivity contribution is 0.341. The predicted octanol–water partition coefficient (Wildman–Crippen LogP) is 4.03. The molecule has 1 aromatic carbocycles. The van der Waals surface area contributed by atoms with E-state index in [4.69, 9.17) is 4.74 Å². The molecule has 1 aromatic rings. The molecule has 0 spiro atoms. The van der Waals surface area contributed by atoms with Gasteiger partial charge >= 0.3 is 0 Å². The van der Waals surface area contributed by atoms with Crippen LogP contribution in [0.1, 0.15) is 27.2 Å². The summed E-state index contributed by atoms with van der Waals surface area (Å²) in [5.74, 6) is 0.860. The monoisotopic (exact) mass is 344 g/mol. The molecule has 25 heavy (non-hydrogen) atoms. The van der Waals surface area contributed by atoms with E-state index in [0.29, 0.717) is 6.61 Å². The van der Waals surface area contributed by atoms with Gasteiger partial charge in [0.25, 0.3) is 0 Å². The average molecular weight is 345 g/mol. The molecule has 5 heteroatoms. The molecule has 0 saturated heterocycles. The van der Waals surface area contributed by atoms with Crippen LogP contribution >= 0.6 is 0 Å². The van der Waals surface area contributed by atoms with Gasteiger partial charge in [-0.05, 0) is 45.2 Å². The lowest BCUT2D eigenvalue weighted by Gasteiger charge is -2.24. The van der Waals surface area contributed by atoms with Gasteiger partial charge in [-0.25, -0.2) is 0 Å². The zero-order chi connectivity index (χ0) is 18.5. The molecule has 0 atom stereocenters. The van der Waals surface area contributed by atoms with Crippen LogP contribution in [-0.4, -0.2) is 40.0 Å². The number of nitrogens with zero attached hydrogens (tertiary/aromatic N) is 3. The minimum absolute atomic E-state index is 0.632. The van der Waals surface area contributed by atoms with Gasteiger partial charge in [0.1, 0.15) is 11.4 Å². The van der Waals surface area contributed by atoms with Crippen molar-refractivity contribution in [3.63, 3.8) is 0 Å². The molecule has 0 fully saturated rings. The van der Waals surface area contributed by atoms with Crippen molar-refractivity contribution < 1.29 is 4.74 Å². The van der Waals surface area contributed by atoms with Gasteiger partial charge in [0.05, 0.1) is 6.61 Å². The van der Waals surface area contributed by atoms with Crippen LogP contribution in [0.2, 0.25) is 0 Å². The van der Waals surface area contributed by atoms with E-state index in [2.05, 4.69) is 53.4 Å². The number of hydrazone groups is 1. The number of hydrogen-bond donors (Lipinski definition) is 1. The first-order valence-electron chi connectivity index (χ1n) is 8.94. The summed E-state index contributed by atoms with van der Waals surface area (Å²) in [5.41, 5.74) is 2.14. The minimum atomic E-state index is 0.632. The van der Waals surface area contributed by atoms with Crippen LogP contribution in [0.15, 0.2) is 47.7 Å². The Hall–Kier alpha value is -2.43. The van der Waals surface area contributed by atoms with Crippen LogP contribution in [0.4, 0.5) is 11.4 Å². The highest BCUT2D eigenvalue weighted by Crippen LogP contribution is 2.32. The van der Waals surface area contributed by atoms with Crippen molar-refractivity contribution in [3.8, 4) is 5.75 Å². The molecule has 5 nitrogen and oxygen atoms in total. The summed E-state index contributed by atoms with van der Waals surface area (Å²) in [4.78, 5) is 2.30. The minimum Gasteiger partial charge on any atom is -0.492 e. The Morgan fingerprint density at radius 2 is 1.92 bits per heavy atom. The van der Waals surface area contributed by atoms with Crippen molar-refractivity contribution in [3.05, 3.63) is 42.6 Å². The number of allylic oxidation sites excluding steroid dienone is 3. The van der Waals surface area contributed by atoms with E-state index in [9.17, 15) is 0 Å². The van der Waals surface area contributed by atoms with E-state index in [1.807, 2.05) is 50.6 Å². The Bertz CT molecular complexity index is 577. The van der Waals surface area contributed by atoms with E-state index in [0.717, 1.165) is 30.9 Å². The van der Waals surface area contributed by atoms with Crippen LogP contribution in [0.25, 0.3) is 0 Å². The van der Waals surface area contributed by atoms with Gasteiger partial charge in [-0.1, -0.05) is 12.2 Å². The molecule has 0 heterocycles. The van der Waals surface area contributed by atoms with Crippen molar-refractivity contribution >= 4 is 17.6 Å². The second-order valence-corrected chi connectivity index (χ2v) is 5.39. The number of benzene rings is 1. The molecule has 0 bridgehead atoms. The number of nitrogens with one attached hydrogen (secondary N) is 1. The van der Waals surface area contributed by atoms with E-state index in [1.54, 1.807) is 0 Å². The van der Waals surface area contributed by atoms with E-state index in [-0.39, 0.29) is 0 Å². The third-order valence-electron chi connectivity index (χ3n) is 3.73. The van der Waals surface area contributed by atoms with Gasteiger partial charge < -0.3 is 15.0 Å². The Labute approximate surface area is 152 Å². The maximum absolute atomic E-state index is 5.84. The molecule has 0 unspecified atom stereocenters. The van der Waals surface area contributed by atoms with Gasteiger partial charge in [0.2, 0.25) is 0 Å². The highest BCUT2D eigenvalue weighted by Gasteiger charge is 2.11. The topological polar surface area (TPSA) is 40.1 Å². The first-order valence-corrected chi connectivity index (χ1v) is 8.94. The molecule has 0 aliphatic rings. The first kappa shape index (κ1) is 20.6. The molecule has 0 radical (unpaired) electrons. The molecular weight excluding hydrogens is 312 g/mol. The van der Waals surface area contributed by atoms with Gasteiger partial charge in [-0.2, -0.15) is 5.10 Å². The summed E-state index contributed by atoms with van der Waals surface area (Å²) < 4.78 is 5.84. The lowest BCUT2D eigenvalue weighted by atomic mass is 10.2. The first-order chi connectivity index (χ1) is 12.2. The van der Waals surface area contributed by atoms with Crippen molar-refractivity contribution in [1.82, 2.24) is 5.32 Å². The van der Waals surface area contributed by atoms with Gasteiger partial charge in [0, 0.05) is 51.6 Å². The summed E-state index contributed by atoms with van der Waals surface area (Å²) in [6.45, 7) is 8.90. The Morgan fingerprint density at radius 3 is 2.56 bits per heavy atom.